The first-order valence-corrected chi connectivity index (χ1v) is 7.45. The molecule has 1 aliphatic heterocycles. The highest BCUT2D eigenvalue weighted by molar-refractivity contribution is 5.95. The molecule has 1 saturated heterocycles. The van der Waals surface area contributed by atoms with Gasteiger partial charge in [-0.2, -0.15) is 0 Å². The molecule has 104 valence electrons. The van der Waals surface area contributed by atoms with Gasteiger partial charge in [0.05, 0.1) is 12.2 Å². The molecule has 0 aromatic rings. The fourth-order valence-electron chi connectivity index (χ4n) is 1.95. The summed E-state index contributed by atoms with van der Waals surface area (Å²) in [4.78, 5) is 10.9. The van der Waals surface area contributed by atoms with Crippen LogP contribution in [0.25, 0.3) is 0 Å². The highest BCUT2D eigenvalue weighted by atomic mass is 16.6. The third-order valence-corrected chi connectivity index (χ3v) is 3.26. The molecular formula is C17H24O2. The van der Waals surface area contributed by atoms with Crippen LogP contribution in [-0.4, -0.2) is 18.0 Å². The maximum Gasteiger partial charge on any atom is 0.206 e. The van der Waals surface area contributed by atoms with Gasteiger partial charge in [0.25, 0.3) is 0 Å². The third kappa shape index (κ3) is 7.70. The second-order valence-corrected chi connectivity index (χ2v) is 4.95. The molecule has 2 nitrogen and oxygen atoms in total. The summed E-state index contributed by atoms with van der Waals surface area (Å²) in [6.45, 7) is 4.03. The van der Waals surface area contributed by atoms with Crippen molar-refractivity contribution in [1.29, 1.82) is 0 Å². The van der Waals surface area contributed by atoms with Crippen LogP contribution >= 0.6 is 0 Å². The lowest BCUT2D eigenvalue weighted by atomic mass is 10.1. The van der Waals surface area contributed by atoms with Gasteiger partial charge in [0.1, 0.15) is 0 Å². The quantitative estimate of drug-likeness (QED) is 0.289. The van der Waals surface area contributed by atoms with E-state index >= 15 is 0 Å². The molecule has 1 heterocycles. The minimum Gasteiger partial charge on any atom is -0.369 e. The zero-order chi connectivity index (χ0) is 13.9. The van der Waals surface area contributed by atoms with E-state index in [9.17, 15) is 4.79 Å². The van der Waals surface area contributed by atoms with E-state index in [0.29, 0.717) is 18.6 Å². The lowest BCUT2D eigenvalue weighted by Gasteiger charge is -1.96. The Balaban J connectivity index is 2.03. The Morgan fingerprint density at radius 2 is 1.84 bits per heavy atom. The second kappa shape index (κ2) is 9.65. The zero-order valence-electron chi connectivity index (χ0n) is 12.1. The molecule has 0 N–H and O–H groups in total. The van der Waals surface area contributed by atoms with Crippen molar-refractivity contribution in [2.24, 2.45) is 0 Å². The highest BCUT2D eigenvalue weighted by Gasteiger charge is 2.36. The summed E-state index contributed by atoms with van der Waals surface area (Å²) in [5.74, 6) is 10.7. The zero-order valence-corrected chi connectivity index (χ0v) is 12.1. The van der Waals surface area contributed by atoms with Gasteiger partial charge in [-0.3, -0.25) is 4.79 Å². The minimum atomic E-state index is -0.0538. The molecule has 0 bridgehead atoms. The molecule has 1 fully saturated rings. The molecule has 1 aliphatic rings. The van der Waals surface area contributed by atoms with Crippen LogP contribution in [0.4, 0.5) is 0 Å². The van der Waals surface area contributed by atoms with Crippen molar-refractivity contribution >= 4 is 5.78 Å². The number of carbonyl (C=O) groups excluding carboxylic acids is 1. The summed E-state index contributed by atoms with van der Waals surface area (Å²) in [6, 6.07) is 0. The summed E-state index contributed by atoms with van der Waals surface area (Å²) >= 11 is 0. The van der Waals surface area contributed by atoms with Gasteiger partial charge < -0.3 is 4.74 Å². The maximum absolute atomic E-state index is 10.9. The van der Waals surface area contributed by atoms with Gasteiger partial charge >= 0.3 is 0 Å². The van der Waals surface area contributed by atoms with Gasteiger partial charge in [-0.25, -0.2) is 0 Å². The molecule has 0 aliphatic carbocycles. The normalized spacial score (nSPS) is 19.9. The summed E-state index contributed by atoms with van der Waals surface area (Å²) in [5.41, 5.74) is 0. The number of carbonyl (C=O) groups is 1. The molecule has 0 aromatic heterocycles. The smallest absolute Gasteiger partial charge is 0.206 e. The van der Waals surface area contributed by atoms with E-state index in [4.69, 9.17) is 4.74 Å². The average molecular weight is 260 g/mol. The van der Waals surface area contributed by atoms with Crippen LogP contribution in [0.2, 0.25) is 0 Å². The Morgan fingerprint density at radius 1 is 1.05 bits per heavy atom. The average Bonchev–Trinajstić information content (AvgIpc) is 3.16. The minimum absolute atomic E-state index is 0.0538. The number of Topliss-reactive ketones (excluding diaryl/α,β-unsaturated/α-hetero) is 1. The van der Waals surface area contributed by atoms with Gasteiger partial charge in [-0.05, 0) is 24.2 Å². The molecule has 2 unspecified atom stereocenters. The molecule has 1 rings (SSSR count). The second-order valence-electron chi connectivity index (χ2n) is 4.95. The molecule has 19 heavy (non-hydrogen) atoms. The van der Waals surface area contributed by atoms with Crippen molar-refractivity contribution in [3.05, 3.63) is 0 Å². The van der Waals surface area contributed by atoms with E-state index in [1.807, 2.05) is 0 Å². The summed E-state index contributed by atoms with van der Waals surface area (Å²) < 4.78 is 5.55. The van der Waals surface area contributed by atoms with Crippen molar-refractivity contribution < 1.29 is 9.53 Å². The van der Waals surface area contributed by atoms with Gasteiger partial charge in [0.15, 0.2) is 0 Å². The van der Waals surface area contributed by atoms with Crippen molar-refractivity contribution in [2.75, 3.05) is 0 Å². The summed E-state index contributed by atoms with van der Waals surface area (Å²) in [6.07, 6.45) is 9.65. The Hall–Kier alpha value is -1.25. The number of hydrogen-bond donors (Lipinski definition) is 0. The first-order chi connectivity index (χ1) is 9.27. The van der Waals surface area contributed by atoms with Crippen LogP contribution < -0.4 is 0 Å². The molecule has 2 atom stereocenters. The predicted molar refractivity (Wildman–Crippen MR) is 77.5 cm³/mol. The van der Waals surface area contributed by atoms with Crippen molar-refractivity contribution in [3.8, 4) is 23.7 Å². The SMILES string of the molecule is CCCCCCCC1OC1CC#CC#CC(=O)CC. The Kier molecular flexibility index (Phi) is 8.03. The Labute approximate surface area is 117 Å². The van der Waals surface area contributed by atoms with Crippen molar-refractivity contribution in [2.45, 2.75) is 77.4 Å². The predicted octanol–water partition coefficient (Wildman–Crippen LogP) is 3.49. The van der Waals surface area contributed by atoms with Crippen LogP contribution in [0.3, 0.4) is 0 Å². The van der Waals surface area contributed by atoms with E-state index in [1.165, 1.54) is 32.1 Å². The van der Waals surface area contributed by atoms with E-state index < -0.39 is 0 Å². The topological polar surface area (TPSA) is 29.6 Å². The highest BCUT2D eigenvalue weighted by Crippen LogP contribution is 2.29. The first-order valence-electron chi connectivity index (χ1n) is 7.45. The Morgan fingerprint density at radius 3 is 2.58 bits per heavy atom. The molecule has 0 aromatic carbocycles. The molecule has 0 saturated carbocycles. The maximum atomic E-state index is 10.9. The lowest BCUT2D eigenvalue weighted by Crippen LogP contribution is -1.93. The number of unbranched alkanes of at least 4 members (excludes halogenated alkanes) is 4. The number of ketones is 1. The van der Waals surface area contributed by atoms with E-state index in [2.05, 4.69) is 30.6 Å². The summed E-state index contributed by atoms with van der Waals surface area (Å²) in [7, 11) is 0. The molecular weight excluding hydrogens is 236 g/mol. The van der Waals surface area contributed by atoms with Gasteiger partial charge in [-0.15, -0.1) is 0 Å². The number of rotatable bonds is 8. The van der Waals surface area contributed by atoms with E-state index in [-0.39, 0.29) is 5.78 Å². The van der Waals surface area contributed by atoms with Gasteiger partial charge in [0, 0.05) is 12.8 Å². The molecule has 0 spiro atoms. The van der Waals surface area contributed by atoms with Crippen molar-refractivity contribution in [1.82, 2.24) is 0 Å². The van der Waals surface area contributed by atoms with E-state index in [0.717, 1.165) is 12.8 Å². The monoisotopic (exact) mass is 260 g/mol. The standard InChI is InChI=1S/C17H24O2/c1-3-5-6-7-10-13-16-17(19-16)14-11-8-9-12-15(18)4-2/h16-17H,3-7,10,13-14H2,1-2H3. The number of ether oxygens (including phenoxy) is 1. The number of hydrogen-bond acceptors (Lipinski definition) is 2. The number of epoxide rings is 1. The lowest BCUT2D eigenvalue weighted by molar-refractivity contribution is -0.113. The van der Waals surface area contributed by atoms with Gasteiger partial charge in [0.2, 0.25) is 5.78 Å². The largest absolute Gasteiger partial charge is 0.369 e. The molecule has 2 heteroatoms. The Bertz CT molecular complexity index is 389. The van der Waals surface area contributed by atoms with Crippen molar-refractivity contribution in [3.63, 3.8) is 0 Å². The third-order valence-electron chi connectivity index (χ3n) is 3.26. The van der Waals surface area contributed by atoms with Crippen LogP contribution in [0.1, 0.15) is 65.2 Å². The van der Waals surface area contributed by atoms with Crippen LogP contribution in [0, 0.1) is 23.7 Å². The van der Waals surface area contributed by atoms with Gasteiger partial charge in [-0.1, -0.05) is 51.9 Å². The van der Waals surface area contributed by atoms with Crippen LogP contribution in [0.15, 0.2) is 0 Å². The van der Waals surface area contributed by atoms with Crippen LogP contribution in [0.5, 0.6) is 0 Å². The molecule has 0 amide bonds. The van der Waals surface area contributed by atoms with E-state index in [1.54, 1.807) is 6.92 Å². The fourth-order valence-corrected chi connectivity index (χ4v) is 1.95. The fraction of sp³-hybridized carbons (Fsp3) is 0.706. The van der Waals surface area contributed by atoms with Crippen LogP contribution in [-0.2, 0) is 9.53 Å². The molecule has 0 radical (unpaired) electrons. The first kappa shape index (κ1) is 15.8. The summed E-state index contributed by atoms with van der Waals surface area (Å²) in [5, 5.41) is 0.